The summed E-state index contributed by atoms with van der Waals surface area (Å²) in [5.41, 5.74) is 0.323. The molecule has 0 atom stereocenters. The van der Waals surface area contributed by atoms with Crippen LogP contribution in [0.25, 0.3) is 0 Å². The van der Waals surface area contributed by atoms with E-state index in [4.69, 9.17) is 16.3 Å². The Hall–Kier alpha value is -3.33. The SMILES string of the molecule is COc1ccc(N(CCCNC(=O)C(C)(C)CCl)C(=O)Nc2ccc([N+](=O)[O-])cc2)cc1. The van der Waals surface area contributed by atoms with Crippen molar-refractivity contribution in [2.24, 2.45) is 5.41 Å². The first-order chi connectivity index (χ1) is 15.2. The minimum atomic E-state index is -0.676. The van der Waals surface area contributed by atoms with Gasteiger partial charge in [0.25, 0.3) is 5.69 Å². The minimum Gasteiger partial charge on any atom is -0.497 e. The van der Waals surface area contributed by atoms with E-state index in [0.717, 1.165) is 0 Å². The first kappa shape index (κ1) is 24.9. The molecule has 2 N–H and O–H groups in total. The zero-order valence-electron chi connectivity index (χ0n) is 18.3. The lowest BCUT2D eigenvalue weighted by Crippen LogP contribution is -2.41. The van der Waals surface area contributed by atoms with Gasteiger partial charge >= 0.3 is 6.03 Å². The molecule has 2 aromatic carbocycles. The number of nitrogens with one attached hydrogen (secondary N) is 2. The molecule has 0 saturated carbocycles. The molecule has 0 aliphatic heterocycles. The van der Waals surface area contributed by atoms with Gasteiger partial charge in [0.2, 0.25) is 5.91 Å². The summed E-state index contributed by atoms with van der Waals surface area (Å²) in [6.45, 7) is 4.22. The minimum absolute atomic E-state index is 0.0642. The van der Waals surface area contributed by atoms with Gasteiger partial charge in [-0.05, 0) is 56.7 Å². The number of methoxy groups -OCH3 is 1. The van der Waals surface area contributed by atoms with E-state index in [1.54, 1.807) is 45.2 Å². The number of carbonyl (C=O) groups excluding carboxylic acids is 2. The van der Waals surface area contributed by atoms with Crippen LogP contribution in [0.4, 0.5) is 21.9 Å². The van der Waals surface area contributed by atoms with Gasteiger partial charge in [-0.15, -0.1) is 11.6 Å². The van der Waals surface area contributed by atoms with Crippen molar-refractivity contribution in [1.29, 1.82) is 0 Å². The molecule has 0 fully saturated rings. The van der Waals surface area contributed by atoms with Crippen LogP contribution in [0.15, 0.2) is 48.5 Å². The number of benzene rings is 2. The third kappa shape index (κ3) is 6.84. The Labute approximate surface area is 191 Å². The van der Waals surface area contributed by atoms with Gasteiger partial charge in [0.1, 0.15) is 5.75 Å². The van der Waals surface area contributed by atoms with Crippen molar-refractivity contribution in [1.82, 2.24) is 5.32 Å². The molecule has 0 unspecified atom stereocenters. The van der Waals surface area contributed by atoms with E-state index in [2.05, 4.69) is 10.6 Å². The number of urea groups is 1. The average molecular weight is 463 g/mol. The fourth-order valence-corrected chi connectivity index (χ4v) is 2.83. The number of amides is 3. The van der Waals surface area contributed by atoms with Gasteiger partial charge in [-0.2, -0.15) is 0 Å². The summed E-state index contributed by atoms with van der Waals surface area (Å²) in [5.74, 6) is 0.702. The molecule has 10 heteroatoms. The van der Waals surface area contributed by atoms with E-state index < -0.39 is 16.4 Å². The number of ether oxygens (including phenoxy) is 1. The fraction of sp³-hybridized carbons (Fsp3) is 0.364. The highest BCUT2D eigenvalue weighted by molar-refractivity contribution is 6.19. The number of rotatable bonds is 10. The number of halogens is 1. The van der Waals surface area contributed by atoms with Gasteiger partial charge in [-0.1, -0.05) is 0 Å². The molecule has 0 aliphatic rings. The number of nitrogens with zero attached hydrogens (tertiary/aromatic N) is 2. The maximum Gasteiger partial charge on any atom is 0.326 e. The standard InChI is InChI=1S/C22H27ClN4O5/c1-22(2,15-23)20(28)24-13-4-14-26(17-9-11-19(32-3)12-10-17)21(29)25-16-5-7-18(8-6-16)27(30)31/h5-12H,4,13-15H2,1-3H3,(H,24,28)(H,25,29). The summed E-state index contributed by atoms with van der Waals surface area (Å²) >= 11 is 5.83. The predicted molar refractivity (Wildman–Crippen MR) is 125 cm³/mol. The second-order valence-corrected chi connectivity index (χ2v) is 7.98. The van der Waals surface area contributed by atoms with Crippen molar-refractivity contribution < 1.29 is 19.2 Å². The van der Waals surface area contributed by atoms with Gasteiger partial charge in [0, 0.05) is 42.5 Å². The lowest BCUT2D eigenvalue weighted by Gasteiger charge is -2.24. The second-order valence-electron chi connectivity index (χ2n) is 7.71. The van der Waals surface area contributed by atoms with Crippen LogP contribution in [-0.2, 0) is 4.79 Å². The zero-order chi connectivity index (χ0) is 23.7. The molecule has 2 rings (SSSR count). The van der Waals surface area contributed by atoms with Crippen molar-refractivity contribution in [3.63, 3.8) is 0 Å². The summed E-state index contributed by atoms with van der Waals surface area (Å²) in [6.07, 6.45) is 0.504. The van der Waals surface area contributed by atoms with Crippen LogP contribution >= 0.6 is 11.6 Å². The first-order valence-corrected chi connectivity index (χ1v) is 10.5. The Balaban J connectivity index is 2.08. The van der Waals surface area contributed by atoms with Crippen molar-refractivity contribution in [2.45, 2.75) is 20.3 Å². The number of anilines is 2. The van der Waals surface area contributed by atoms with Crippen molar-refractivity contribution in [2.75, 3.05) is 36.3 Å². The van der Waals surface area contributed by atoms with E-state index in [1.807, 2.05) is 0 Å². The van der Waals surface area contributed by atoms with Crippen LogP contribution in [-0.4, -0.2) is 42.9 Å². The Morgan fingerprint density at radius 2 is 1.75 bits per heavy atom. The van der Waals surface area contributed by atoms with Crippen LogP contribution in [0, 0.1) is 15.5 Å². The van der Waals surface area contributed by atoms with E-state index in [0.29, 0.717) is 36.6 Å². The van der Waals surface area contributed by atoms with Crippen molar-refractivity contribution in [3.8, 4) is 5.75 Å². The fourth-order valence-electron chi connectivity index (χ4n) is 2.71. The van der Waals surface area contributed by atoms with E-state index in [1.165, 1.54) is 29.2 Å². The molecular formula is C22H27ClN4O5. The van der Waals surface area contributed by atoms with Gasteiger partial charge in [0.05, 0.1) is 17.4 Å². The topological polar surface area (TPSA) is 114 Å². The molecule has 0 radical (unpaired) electrons. The third-order valence-electron chi connectivity index (χ3n) is 4.75. The smallest absolute Gasteiger partial charge is 0.326 e. The Bertz CT molecular complexity index is 932. The second kappa shape index (κ2) is 11.3. The molecule has 0 saturated heterocycles. The number of nitro benzene ring substituents is 1. The van der Waals surface area contributed by atoms with Crippen LogP contribution in [0.1, 0.15) is 20.3 Å². The average Bonchev–Trinajstić information content (AvgIpc) is 2.79. The summed E-state index contributed by atoms with van der Waals surface area (Å²) < 4.78 is 5.17. The number of non-ortho nitro benzene ring substituents is 1. The number of hydrogen-bond acceptors (Lipinski definition) is 5. The normalized spacial score (nSPS) is 10.9. The van der Waals surface area contributed by atoms with Crippen LogP contribution in [0.5, 0.6) is 5.75 Å². The molecule has 0 bridgehead atoms. The molecular weight excluding hydrogens is 436 g/mol. The molecule has 32 heavy (non-hydrogen) atoms. The summed E-state index contributed by atoms with van der Waals surface area (Å²) in [6, 6.07) is 12.2. The Morgan fingerprint density at radius 3 is 2.28 bits per heavy atom. The van der Waals surface area contributed by atoms with Gasteiger partial charge in [-0.3, -0.25) is 19.8 Å². The highest BCUT2D eigenvalue weighted by atomic mass is 35.5. The number of carbonyl (C=O) groups is 2. The predicted octanol–water partition coefficient (Wildman–Crippen LogP) is 4.41. The lowest BCUT2D eigenvalue weighted by molar-refractivity contribution is -0.384. The maximum absolute atomic E-state index is 13.0. The third-order valence-corrected chi connectivity index (χ3v) is 5.42. The Morgan fingerprint density at radius 1 is 1.12 bits per heavy atom. The quantitative estimate of drug-likeness (QED) is 0.235. The summed E-state index contributed by atoms with van der Waals surface area (Å²) in [4.78, 5) is 37.0. The van der Waals surface area contributed by atoms with Crippen molar-refractivity contribution >= 4 is 40.6 Å². The summed E-state index contributed by atoms with van der Waals surface area (Å²) in [7, 11) is 1.55. The highest BCUT2D eigenvalue weighted by Crippen LogP contribution is 2.22. The number of alkyl halides is 1. The van der Waals surface area contributed by atoms with E-state index >= 15 is 0 Å². The van der Waals surface area contributed by atoms with Crippen LogP contribution in [0.2, 0.25) is 0 Å². The molecule has 9 nitrogen and oxygen atoms in total. The van der Waals surface area contributed by atoms with Crippen LogP contribution < -0.4 is 20.3 Å². The zero-order valence-corrected chi connectivity index (χ0v) is 19.0. The largest absolute Gasteiger partial charge is 0.497 e. The molecule has 0 heterocycles. The monoisotopic (exact) mass is 462 g/mol. The van der Waals surface area contributed by atoms with Gasteiger partial charge in [0.15, 0.2) is 0 Å². The van der Waals surface area contributed by atoms with Gasteiger partial charge in [-0.25, -0.2) is 4.79 Å². The molecule has 3 amide bonds. The molecule has 0 spiro atoms. The number of nitro groups is 1. The van der Waals surface area contributed by atoms with E-state index in [-0.39, 0.29) is 17.5 Å². The molecule has 172 valence electrons. The highest BCUT2D eigenvalue weighted by Gasteiger charge is 2.26. The molecule has 2 aromatic rings. The maximum atomic E-state index is 13.0. The van der Waals surface area contributed by atoms with Gasteiger partial charge < -0.3 is 15.4 Å². The first-order valence-electron chi connectivity index (χ1n) is 9.99. The molecule has 0 aliphatic carbocycles. The summed E-state index contributed by atoms with van der Waals surface area (Å²) in [5, 5.41) is 16.4. The van der Waals surface area contributed by atoms with E-state index in [9.17, 15) is 19.7 Å². The Kier molecular flexibility index (Phi) is 8.83. The number of hydrogen-bond donors (Lipinski definition) is 2. The van der Waals surface area contributed by atoms with Crippen molar-refractivity contribution in [3.05, 3.63) is 58.6 Å². The molecule has 0 aromatic heterocycles. The lowest BCUT2D eigenvalue weighted by atomic mass is 9.95. The van der Waals surface area contributed by atoms with Crippen LogP contribution in [0.3, 0.4) is 0 Å².